The summed E-state index contributed by atoms with van der Waals surface area (Å²) in [7, 11) is 1.80. The Morgan fingerprint density at radius 1 is 1.53 bits per heavy atom. The van der Waals surface area contributed by atoms with E-state index in [1.807, 2.05) is 12.1 Å². The molecule has 2 aromatic rings. The number of rotatable bonds is 3. The lowest BCUT2D eigenvalue weighted by Crippen LogP contribution is -2.13. The molecule has 2 rings (SSSR count). The van der Waals surface area contributed by atoms with Crippen molar-refractivity contribution in [1.29, 1.82) is 5.41 Å². The molecule has 0 radical (unpaired) electrons. The SMILES string of the molecule is Cn1ncnc1Sc1cccc(Cl)c1C(=N)N. The molecular formula is C10H10ClN5S. The van der Waals surface area contributed by atoms with Gasteiger partial charge in [0, 0.05) is 17.5 Å². The second kappa shape index (κ2) is 4.77. The first-order valence-corrected chi connectivity index (χ1v) is 5.94. The maximum atomic E-state index is 7.54. The van der Waals surface area contributed by atoms with E-state index in [1.54, 1.807) is 17.8 Å². The van der Waals surface area contributed by atoms with Gasteiger partial charge in [0.1, 0.15) is 12.2 Å². The standard InChI is InChI=1S/C10H10ClN5S/c1-16-10(14-5-15-16)17-7-4-2-3-6(11)8(7)9(12)13/h2-5H,1H3,(H3,12,13). The zero-order valence-corrected chi connectivity index (χ0v) is 10.6. The highest BCUT2D eigenvalue weighted by molar-refractivity contribution is 7.99. The normalized spacial score (nSPS) is 10.5. The molecule has 0 amide bonds. The van der Waals surface area contributed by atoms with Crippen molar-refractivity contribution in [2.75, 3.05) is 0 Å². The number of nitrogens with two attached hydrogens (primary N) is 1. The van der Waals surface area contributed by atoms with Gasteiger partial charge in [-0.1, -0.05) is 17.7 Å². The quantitative estimate of drug-likeness (QED) is 0.657. The molecular weight excluding hydrogens is 258 g/mol. The molecule has 1 heterocycles. The van der Waals surface area contributed by atoms with E-state index < -0.39 is 0 Å². The van der Waals surface area contributed by atoms with Crippen LogP contribution in [0.2, 0.25) is 5.02 Å². The molecule has 0 fully saturated rings. The van der Waals surface area contributed by atoms with Crippen molar-refractivity contribution in [1.82, 2.24) is 14.8 Å². The summed E-state index contributed by atoms with van der Waals surface area (Å²) in [6.07, 6.45) is 1.47. The highest BCUT2D eigenvalue weighted by Crippen LogP contribution is 2.31. The Morgan fingerprint density at radius 3 is 2.88 bits per heavy atom. The Labute approximate surface area is 107 Å². The molecule has 0 unspecified atom stereocenters. The molecule has 1 aromatic heterocycles. The van der Waals surface area contributed by atoms with Crippen molar-refractivity contribution in [3.8, 4) is 0 Å². The summed E-state index contributed by atoms with van der Waals surface area (Å²) in [6.45, 7) is 0. The number of benzene rings is 1. The molecule has 17 heavy (non-hydrogen) atoms. The Hall–Kier alpha value is -1.53. The minimum atomic E-state index is -0.0553. The van der Waals surface area contributed by atoms with Gasteiger partial charge in [-0.15, -0.1) is 0 Å². The number of hydrogen-bond donors (Lipinski definition) is 2. The van der Waals surface area contributed by atoms with Gasteiger partial charge in [0.25, 0.3) is 0 Å². The summed E-state index contributed by atoms with van der Waals surface area (Å²) >= 11 is 7.40. The molecule has 0 spiro atoms. The first kappa shape index (κ1) is 11.9. The lowest BCUT2D eigenvalue weighted by molar-refractivity contribution is 0.685. The number of aryl methyl sites for hydroxylation is 1. The lowest BCUT2D eigenvalue weighted by Gasteiger charge is -2.08. The van der Waals surface area contributed by atoms with E-state index in [9.17, 15) is 0 Å². The van der Waals surface area contributed by atoms with Crippen LogP contribution in [0, 0.1) is 5.41 Å². The second-order valence-corrected chi connectivity index (χ2v) is 4.71. The fraction of sp³-hybridized carbons (Fsp3) is 0.100. The lowest BCUT2D eigenvalue weighted by atomic mass is 10.2. The molecule has 0 atom stereocenters. The molecule has 0 saturated heterocycles. The number of halogens is 1. The van der Waals surface area contributed by atoms with Gasteiger partial charge in [-0.3, -0.25) is 5.41 Å². The van der Waals surface area contributed by atoms with Gasteiger partial charge >= 0.3 is 0 Å². The number of aromatic nitrogens is 3. The molecule has 5 nitrogen and oxygen atoms in total. The molecule has 7 heteroatoms. The van der Waals surface area contributed by atoms with Crippen LogP contribution in [0.1, 0.15) is 5.56 Å². The molecule has 88 valence electrons. The summed E-state index contributed by atoms with van der Waals surface area (Å²) in [5.74, 6) is -0.0553. The van der Waals surface area contributed by atoms with Crippen molar-refractivity contribution in [3.05, 3.63) is 35.1 Å². The van der Waals surface area contributed by atoms with Crippen molar-refractivity contribution < 1.29 is 0 Å². The fourth-order valence-corrected chi connectivity index (χ4v) is 2.60. The van der Waals surface area contributed by atoms with Gasteiger partial charge in [0.2, 0.25) is 0 Å². The van der Waals surface area contributed by atoms with Crippen molar-refractivity contribution in [2.24, 2.45) is 12.8 Å². The number of nitrogens with zero attached hydrogens (tertiary/aromatic N) is 3. The molecule has 3 N–H and O–H groups in total. The number of nitrogen functional groups attached to an aromatic ring is 1. The van der Waals surface area contributed by atoms with E-state index in [2.05, 4.69) is 10.1 Å². The van der Waals surface area contributed by atoms with E-state index >= 15 is 0 Å². The molecule has 0 bridgehead atoms. The summed E-state index contributed by atoms with van der Waals surface area (Å²) < 4.78 is 1.65. The zero-order chi connectivity index (χ0) is 12.4. The van der Waals surface area contributed by atoms with Crippen LogP contribution in [-0.4, -0.2) is 20.6 Å². The van der Waals surface area contributed by atoms with E-state index in [0.29, 0.717) is 10.6 Å². The van der Waals surface area contributed by atoms with Gasteiger partial charge in [0.15, 0.2) is 5.16 Å². The molecule has 1 aromatic carbocycles. The Bertz CT molecular complexity index is 566. The average Bonchev–Trinajstić information content (AvgIpc) is 2.64. The van der Waals surface area contributed by atoms with Crippen LogP contribution in [0.25, 0.3) is 0 Å². The summed E-state index contributed by atoms with van der Waals surface area (Å²) in [5, 5.41) is 12.7. The molecule has 0 saturated carbocycles. The third kappa shape index (κ3) is 2.42. The van der Waals surface area contributed by atoms with Crippen molar-refractivity contribution >= 4 is 29.2 Å². The first-order chi connectivity index (χ1) is 8.09. The minimum Gasteiger partial charge on any atom is -0.384 e. The predicted octanol–water partition coefficient (Wildman–Crippen LogP) is 1.90. The topological polar surface area (TPSA) is 80.6 Å². The van der Waals surface area contributed by atoms with Crippen molar-refractivity contribution in [3.63, 3.8) is 0 Å². The third-order valence-corrected chi connectivity index (χ3v) is 3.54. The number of nitrogens with one attached hydrogen (secondary N) is 1. The highest BCUT2D eigenvalue weighted by Gasteiger charge is 2.13. The van der Waals surface area contributed by atoms with E-state index in [4.69, 9.17) is 22.7 Å². The molecule has 0 aliphatic rings. The van der Waals surface area contributed by atoms with E-state index in [1.165, 1.54) is 18.1 Å². The number of hydrogen-bond acceptors (Lipinski definition) is 4. The van der Waals surface area contributed by atoms with Crippen LogP contribution in [0.4, 0.5) is 0 Å². The van der Waals surface area contributed by atoms with E-state index in [-0.39, 0.29) is 5.84 Å². The smallest absolute Gasteiger partial charge is 0.190 e. The predicted molar refractivity (Wildman–Crippen MR) is 67.6 cm³/mol. The minimum absolute atomic E-state index is 0.0553. The van der Waals surface area contributed by atoms with Gasteiger partial charge in [-0.05, 0) is 23.9 Å². The maximum absolute atomic E-state index is 7.54. The van der Waals surface area contributed by atoms with Crippen molar-refractivity contribution in [2.45, 2.75) is 10.1 Å². The molecule has 0 aliphatic carbocycles. The van der Waals surface area contributed by atoms with Gasteiger partial charge in [0.05, 0.1) is 5.02 Å². The van der Waals surface area contributed by atoms with Crippen LogP contribution < -0.4 is 5.73 Å². The maximum Gasteiger partial charge on any atom is 0.190 e. The zero-order valence-electron chi connectivity index (χ0n) is 9.01. The average molecular weight is 268 g/mol. The fourth-order valence-electron chi connectivity index (χ4n) is 1.33. The van der Waals surface area contributed by atoms with Crippen LogP contribution in [0.5, 0.6) is 0 Å². The Balaban J connectivity index is 2.43. The summed E-state index contributed by atoms with van der Waals surface area (Å²) in [6, 6.07) is 5.37. The number of amidine groups is 1. The van der Waals surface area contributed by atoms with E-state index in [0.717, 1.165) is 10.1 Å². The second-order valence-electron chi connectivity index (χ2n) is 3.29. The third-order valence-electron chi connectivity index (χ3n) is 2.12. The monoisotopic (exact) mass is 267 g/mol. The van der Waals surface area contributed by atoms with Gasteiger partial charge < -0.3 is 5.73 Å². The summed E-state index contributed by atoms with van der Waals surface area (Å²) in [5.41, 5.74) is 6.05. The Morgan fingerprint density at radius 2 is 2.29 bits per heavy atom. The summed E-state index contributed by atoms with van der Waals surface area (Å²) in [4.78, 5) is 4.89. The Kier molecular flexibility index (Phi) is 3.35. The van der Waals surface area contributed by atoms with Crippen LogP contribution in [-0.2, 0) is 7.05 Å². The van der Waals surface area contributed by atoms with Gasteiger partial charge in [-0.25, -0.2) is 9.67 Å². The highest BCUT2D eigenvalue weighted by atomic mass is 35.5. The first-order valence-electron chi connectivity index (χ1n) is 4.74. The molecule has 0 aliphatic heterocycles. The largest absolute Gasteiger partial charge is 0.384 e. The van der Waals surface area contributed by atoms with Gasteiger partial charge in [-0.2, -0.15) is 5.10 Å². The van der Waals surface area contributed by atoms with Crippen LogP contribution in [0.3, 0.4) is 0 Å². The van der Waals surface area contributed by atoms with Crippen LogP contribution >= 0.6 is 23.4 Å². The van der Waals surface area contributed by atoms with Crippen LogP contribution in [0.15, 0.2) is 34.6 Å².